The molecule has 0 aromatic heterocycles. The first-order valence-corrected chi connectivity index (χ1v) is 15.2. The van der Waals surface area contributed by atoms with Gasteiger partial charge in [-0.3, -0.25) is 4.79 Å². The number of alkyl halides is 3. The second kappa shape index (κ2) is 11.8. The molecule has 0 bridgehead atoms. The fourth-order valence-corrected chi connectivity index (χ4v) is 7.57. The number of benzene rings is 2. The zero-order valence-electron chi connectivity index (χ0n) is 22.6. The number of likely N-dealkylation sites (tertiary alicyclic amines) is 1. The Morgan fingerprint density at radius 1 is 1.05 bits per heavy atom. The normalized spacial score (nSPS) is 24.8. The van der Waals surface area contributed by atoms with Gasteiger partial charge < -0.3 is 9.80 Å². The Balaban J connectivity index is 1.53. The van der Waals surface area contributed by atoms with E-state index >= 15 is 0 Å². The number of halogens is 3. The summed E-state index contributed by atoms with van der Waals surface area (Å²) < 4.78 is 66.0. The molecule has 1 heterocycles. The second-order valence-electron chi connectivity index (χ2n) is 11.1. The molecule has 2 aromatic carbocycles. The average molecular weight is 563 g/mol. The first kappa shape index (κ1) is 29.3. The average Bonchev–Trinajstić information content (AvgIpc) is 3.26. The highest BCUT2D eigenvalue weighted by molar-refractivity contribution is 7.91. The van der Waals surface area contributed by atoms with Gasteiger partial charge in [0, 0.05) is 24.7 Å². The summed E-state index contributed by atoms with van der Waals surface area (Å²) in [5, 5.41) is 0. The molecule has 2 fully saturated rings. The summed E-state index contributed by atoms with van der Waals surface area (Å²) in [7, 11) is -1.48. The van der Waals surface area contributed by atoms with Crippen molar-refractivity contribution in [3.8, 4) is 0 Å². The Morgan fingerprint density at radius 3 is 2.44 bits per heavy atom. The summed E-state index contributed by atoms with van der Waals surface area (Å²) in [4.78, 5) is 17.9. The molecule has 1 unspecified atom stereocenters. The fourth-order valence-electron chi connectivity index (χ4n) is 5.89. The van der Waals surface area contributed by atoms with Crippen molar-refractivity contribution in [2.24, 2.45) is 11.8 Å². The molecule has 4 rings (SSSR count). The maximum absolute atomic E-state index is 13.5. The number of amides is 1. The predicted molar refractivity (Wildman–Crippen MR) is 147 cm³/mol. The lowest BCUT2D eigenvalue weighted by Crippen LogP contribution is -2.51. The summed E-state index contributed by atoms with van der Waals surface area (Å²) in [5.41, 5.74) is -0.338. The Hall–Kier alpha value is -2.65. The molecule has 9 heteroatoms. The van der Waals surface area contributed by atoms with E-state index in [-0.39, 0.29) is 34.6 Å². The van der Waals surface area contributed by atoms with Crippen LogP contribution in [0.5, 0.6) is 0 Å². The number of sulfone groups is 1. The summed E-state index contributed by atoms with van der Waals surface area (Å²) in [5.74, 6) is -0.771. The van der Waals surface area contributed by atoms with Crippen molar-refractivity contribution < 1.29 is 26.4 Å². The van der Waals surface area contributed by atoms with E-state index in [1.165, 1.54) is 6.07 Å². The van der Waals surface area contributed by atoms with E-state index in [0.29, 0.717) is 37.4 Å². The van der Waals surface area contributed by atoms with Crippen LogP contribution in [0.4, 0.5) is 13.2 Å². The zero-order chi connectivity index (χ0) is 28.4. The lowest BCUT2D eigenvalue weighted by Gasteiger charge is -2.44. The van der Waals surface area contributed by atoms with E-state index < -0.39 is 27.5 Å². The molecule has 0 spiro atoms. The van der Waals surface area contributed by atoms with E-state index in [4.69, 9.17) is 0 Å². The highest BCUT2D eigenvalue weighted by atomic mass is 32.2. The third-order valence-electron chi connectivity index (χ3n) is 8.26. The molecular formula is C30H37F3N2O3S. The van der Waals surface area contributed by atoms with Gasteiger partial charge in [0.1, 0.15) is 0 Å². The van der Waals surface area contributed by atoms with Crippen LogP contribution in [-0.4, -0.2) is 61.6 Å². The summed E-state index contributed by atoms with van der Waals surface area (Å²) in [6, 6.07) is 13.8. The van der Waals surface area contributed by atoms with Gasteiger partial charge in [0.15, 0.2) is 9.84 Å². The highest BCUT2D eigenvalue weighted by Crippen LogP contribution is 2.37. The Morgan fingerprint density at radius 2 is 1.77 bits per heavy atom. The van der Waals surface area contributed by atoms with Crippen molar-refractivity contribution in [2.45, 2.75) is 68.7 Å². The molecule has 1 aliphatic heterocycles. The SMILES string of the molecule is CC(C)N(C)[C@@H]1CC[C@H](N2CCC(C=Cc3cccc(C(F)(F)F)c3)C2=O)[C@H](CS(=O)(=O)c2ccccc2)C1. The number of nitrogens with zero attached hydrogens (tertiary/aromatic N) is 2. The molecule has 1 amide bonds. The number of carbonyl (C=O) groups excluding carboxylic acids is 1. The minimum Gasteiger partial charge on any atom is -0.339 e. The molecule has 2 aliphatic rings. The molecular weight excluding hydrogens is 525 g/mol. The van der Waals surface area contributed by atoms with E-state index in [2.05, 4.69) is 25.8 Å². The Bertz CT molecular complexity index is 1280. The van der Waals surface area contributed by atoms with Gasteiger partial charge in [-0.25, -0.2) is 8.42 Å². The smallest absolute Gasteiger partial charge is 0.339 e. The molecule has 39 heavy (non-hydrogen) atoms. The van der Waals surface area contributed by atoms with Crippen LogP contribution < -0.4 is 0 Å². The van der Waals surface area contributed by atoms with Gasteiger partial charge in [0.2, 0.25) is 5.91 Å². The van der Waals surface area contributed by atoms with Crippen LogP contribution in [0.3, 0.4) is 0 Å². The predicted octanol–water partition coefficient (Wildman–Crippen LogP) is 5.92. The molecule has 1 aliphatic carbocycles. The molecule has 0 N–H and O–H groups in total. The van der Waals surface area contributed by atoms with Crippen molar-refractivity contribution in [2.75, 3.05) is 19.3 Å². The number of hydrogen-bond donors (Lipinski definition) is 0. The maximum Gasteiger partial charge on any atom is 0.416 e. The molecule has 2 aromatic rings. The summed E-state index contributed by atoms with van der Waals surface area (Å²) in [6.07, 6.45) is 1.65. The van der Waals surface area contributed by atoms with E-state index in [9.17, 15) is 26.4 Å². The summed E-state index contributed by atoms with van der Waals surface area (Å²) >= 11 is 0. The van der Waals surface area contributed by atoms with Crippen molar-refractivity contribution in [1.82, 2.24) is 9.80 Å². The van der Waals surface area contributed by atoms with Crippen LogP contribution in [0, 0.1) is 11.8 Å². The Kier molecular flexibility index (Phi) is 8.91. The molecule has 1 saturated carbocycles. The number of rotatable bonds is 8. The van der Waals surface area contributed by atoms with Gasteiger partial charge in [-0.05, 0) is 82.3 Å². The fraction of sp³-hybridized carbons (Fsp3) is 0.500. The first-order chi connectivity index (χ1) is 18.4. The van der Waals surface area contributed by atoms with Crippen LogP contribution in [0.2, 0.25) is 0 Å². The van der Waals surface area contributed by atoms with Crippen molar-refractivity contribution in [3.05, 3.63) is 71.8 Å². The molecule has 212 valence electrons. The highest BCUT2D eigenvalue weighted by Gasteiger charge is 2.43. The van der Waals surface area contributed by atoms with Gasteiger partial charge in [0.05, 0.1) is 22.1 Å². The van der Waals surface area contributed by atoms with Crippen LogP contribution in [0.25, 0.3) is 6.08 Å². The first-order valence-electron chi connectivity index (χ1n) is 13.5. The van der Waals surface area contributed by atoms with Crippen molar-refractivity contribution in [3.63, 3.8) is 0 Å². The largest absolute Gasteiger partial charge is 0.416 e. The third-order valence-corrected chi connectivity index (χ3v) is 10.1. The zero-order valence-corrected chi connectivity index (χ0v) is 23.5. The van der Waals surface area contributed by atoms with Gasteiger partial charge in [-0.15, -0.1) is 0 Å². The van der Waals surface area contributed by atoms with Crippen LogP contribution >= 0.6 is 0 Å². The van der Waals surface area contributed by atoms with Gasteiger partial charge in [-0.2, -0.15) is 13.2 Å². The van der Waals surface area contributed by atoms with Crippen LogP contribution in [0.1, 0.15) is 50.7 Å². The molecule has 4 atom stereocenters. The van der Waals surface area contributed by atoms with E-state index in [1.807, 2.05) is 4.90 Å². The third kappa shape index (κ3) is 6.92. The number of hydrogen-bond acceptors (Lipinski definition) is 4. The topological polar surface area (TPSA) is 57.7 Å². The Labute approximate surface area is 229 Å². The van der Waals surface area contributed by atoms with Gasteiger partial charge in [0.25, 0.3) is 0 Å². The molecule has 1 saturated heterocycles. The molecule has 5 nitrogen and oxygen atoms in total. The van der Waals surface area contributed by atoms with E-state index in [1.54, 1.807) is 48.6 Å². The standard InChI is InChI=1S/C30H37F3N2O3S/c1-21(2)34(3)26-14-15-28(24(19-26)20-39(37,38)27-10-5-4-6-11-27)35-17-16-23(29(35)36)13-12-22-8-7-9-25(18-22)30(31,32)33/h4-13,18,21,23-24,26,28H,14-17,19-20H2,1-3H3/t23?,24-,26+,28-/m0/s1. The molecule has 0 radical (unpaired) electrons. The maximum atomic E-state index is 13.5. The minimum absolute atomic E-state index is 0.0291. The lowest BCUT2D eigenvalue weighted by molar-refractivity contribution is -0.137. The second-order valence-corrected chi connectivity index (χ2v) is 13.1. The van der Waals surface area contributed by atoms with Gasteiger partial charge >= 0.3 is 6.18 Å². The minimum atomic E-state index is -4.43. The summed E-state index contributed by atoms with van der Waals surface area (Å²) in [6.45, 7) is 4.74. The van der Waals surface area contributed by atoms with Gasteiger partial charge in [-0.1, -0.05) is 42.5 Å². The van der Waals surface area contributed by atoms with E-state index in [0.717, 1.165) is 18.6 Å². The monoisotopic (exact) mass is 562 g/mol. The number of carbonyl (C=O) groups is 1. The van der Waals surface area contributed by atoms with Crippen molar-refractivity contribution >= 4 is 21.8 Å². The van der Waals surface area contributed by atoms with Crippen LogP contribution in [-0.2, 0) is 20.8 Å². The lowest BCUT2D eigenvalue weighted by atomic mass is 9.81. The van der Waals surface area contributed by atoms with Crippen molar-refractivity contribution in [1.29, 1.82) is 0 Å². The quantitative estimate of drug-likeness (QED) is 0.401. The van der Waals surface area contributed by atoms with Crippen LogP contribution in [0.15, 0.2) is 65.6 Å².